The first kappa shape index (κ1) is 15.9. The van der Waals surface area contributed by atoms with Gasteiger partial charge in [-0.2, -0.15) is 0 Å². The Kier molecular flexibility index (Phi) is 5.27. The minimum absolute atomic E-state index is 0.156. The molecule has 0 bridgehead atoms. The lowest BCUT2D eigenvalue weighted by Gasteiger charge is -2.33. The summed E-state index contributed by atoms with van der Waals surface area (Å²) in [5.74, 6) is 1.02. The summed E-state index contributed by atoms with van der Waals surface area (Å²) >= 11 is 0. The van der Waals surface area contributed by atoms with Gasteiger partial charge in [0.25, 0.3) is 5.91 Å². The lowest BCUT2D eigenvalue weighted by atomic mass is 10.1. The highest BCUT2D eigenvalue weighted by Crippen LogP contribution is 2.28. The number of benzene rings is 1. The number of aryl methyl sites for hydroxylation is 1. The molecule has 1 aliphatic rings. The Morgan fingerprint density at radius 2 is 2.00 bits per heavy atom. The van der Waals surface area contributed by atoms with Crippen LogP contribution in [0.4, 0.5) is 0 Å². The minimum Gasteiger partial charge on any atom is -0.494 e. The van der Waals surface area contributed by atoms with Gasteiger partial charge in [-0.05, 0) is 64.3 Å². The molecule has 0 saturated heterocycles. The number of hydrogen-bond acceptors (Lipinski definition) is 2. The summed E-state index contributed by atoms with van der Waals surface area (Å²) in [6, 6.07) is 6.42. The molecule has 21 heavy (non-hydrogen) atoms. The third-order valence-electron chi connectivity index (χ3n) is 4.23. The molecule has 1 aliphatic carbocycles. The van der Waals surface area contributed by atoms with Crippen LogP contribution in [0.1, 0.15) is 62.4 Å². The molecule has 3 nitrogen and oxygen atoms in total. The van der Waals surface area contributed by atoms with Crippen molar-refractivity contribution >= 4 is 5.91 Å². The Morgan fingerprint density at radius 1 is 1.33 bits per heavy atom. The smallest absolute Gasteiger partial charge is 0.254 e. The van der Waals surface area contributed by atoms with E-state index in [0.29, 0.717) is 12.6 Å². The van der Waals surface area contributed by atoms with Crippen LogP contribution in [-0.2, 0) is 0 Å². The number of rotatable bonds is 5. The van der Waals surface area contributed by atoms with E-state index in [1.165, 1.54) is 12.8 Å². The summed E-state index contributed by atoms with van der Waals surface area (Å²) in [5.41, 5.74) is 1.80. The molecule has 1 aromatic rings. The molecular formula is C18H27NO2. The molecular weight excluding hydrogens is 262 g/mol. The Labute approximate surface area is 128 Å². The molecule has 0 heterocycles. The Morgan fingerprint density at radius 3 is 2.52 bits per heavy atom. The van der Waals surface area contributed by atoms with Crippen molar-refractivity contribution in [2.24, 2.45) is 0 Å². The maximum atomic E-state index is 12.9. The quantitative estimate of drug-likeness (QED) is 0.813. The zero-order valence-corrected chi connectivity index (χ0v) is 13.7. The van der Waals surface area contributed by atoms with Gasteiger partial charge in [-0.25, -0.2) is 0 Å². The van der Waals surface area contributed by atoms with E-state index in [1.807, 2.05) is 32.0 Å². The summed E-state index contributed by atoms with van der Waals surface area (Å²) in [6.45, 7) is 8.83. The van der Waals surface area contributed by atoms with Gasteiger partial charge in [0.05, 0.1) is 6.61 Å². The van der Waals surface area contributed by atoms with E-state index in [0.717, 1.165) is 29.7 Å². The van der Waals surface area contributed by atoms with Crippen LogP contribution in [0, 0.1) is 6.92 Å². The van der Waals surface area contributed by atoms with E-state index in [1.54, 1.807) is 0 Å². The van der Waals surface area contributed by atoms with Crippen LogP contribution in [0.15, 0.2) is 18.2 Å². The fourth-order valence-corrected chi connectivity index (χ4v) is 3.25. The molecule has 0 radical (unpaired) electrons. The first-order valence-corrected chi connectivity index (χ1v) is 8.10. The highest BCUT2D eigenvalue weighted by Gasteiger charge is 2.29. The fraction of sp³-hybridized carbons (Fsp3) is 0.611. The van der Waals surface area contributed by atoms with Crippen LogP contribution in [-0.4, -0.2) is 29.5 Å². The predicted molar refractivity (Wildman–Crippen MR) is 85.9 cm³/mol. The van der Waals surface area contributed by atoms with Gasteiger partial charge in [-0.3, -0.25) is 4.79 Å². The zero-order valence-electron chi connectivity index (χ0n) is 13.7. The van der Waals surface area contributed by atoms with Crippen molar-refractivity contribution in [3.63, 3.8) is 0 Å². The van der Waals surface area contributed by atoms with Gasteiger partial charge >= 0.3 is 0 Å². The van der Waals surface area contributed by atoms with Gasteiger partial charge in [0, 0.05) is 17.6 Å². The minimum atomic E-state index is 0.156. The molecule has 3 heteroatoms. The summed E-state index contributed by atoms with van der Waals surface area (Å²) in [7, 11) is 0. The third kappa shape index (κ3) is 3.58. The van der Waals surface area contributed by atoms with Gasteiger partial charge in [-0.15, -0.1) is 0 Å². The van der Waals surface area contributed by atoms with E-state index < -0.39 is 0 Å². The molecule has 0 unspecified atom stereocenters. The van der Waals surface area contributed by atoms with Gasteiger partial charge in [0.1, 0.15) is 5.75 Å². The maximum absolute atomic E-state index is 12.9. The Balaban J connectivity index is 2.22. The number of nitrogens with zero attached hydrogens (tertiary/aromatic N) is 1. The van der Waals surface area contributed by atoms with Crippen LogP contribution in [0.3, 0.4) is 0 Å². The van der Waals surface area contributed by atoms with E-state index >= 15 is 0 Å². The molecule has 0 spiro atoms. The van der Waals surface area contributed by atoms with E-state index in [2.05, 4.69) is 18.7 Å². The van der Waals surface area contributed by atoms with Crippen molar-refractivity contribution < 1.29 is 9.53 Å². The van der Waals surface area contributed by atoms with Gasteiger partial charge in [0.15, 0.2) is 0 Å². The van der Waals surface area contributed by atoms with Gasteiger partial charge in [-0.1, -0.05) is 12.8 Å². The van der Waals surface area contributed by atoms with Crippen molar-refractivity contribution in [3.05, 3.63) is 29.3 Å². The molecule has 0 N–H and O–H groups in total. The fourth-order valence-electron chi connectivity index (χ4n) is 3.25. The van der Waals surface area contributed by atoms with Crippen molar-refractivity contribution in [1.82, 2.24) is 4.90 Å². The maximum Gasteiger partial charge on any atom is 0.254 e. The van der Waals surface area contributed by atoms with E-state index in [-0.39, 0.29) is 11.9 Å². The summed E-state index contributed by atoms with van der Waals surface area (Å²) in [4.78, 5) is 15.0. The Hall–Kier alpha value is -1.51. The molecule has 1 saturated carbocycles. The number of ether oxygens (including phenoxy) is 1. The number of hydrogen-bond donors (Lipinski definition) is 0. The highest BCUT2D eigenvalue weighted by atomic mass is 16.5. The molecule has 1 aromatic carbocycles. The highest BCUT2D eigenvalue weighted by molar-refractivity contribution is 5.95. The van der Waals surface area contributed by atoms with Gasteiger partial charge < -0.3 is 9.64 Å². The average Bonchev–Trinajstić information content (AvgIpc) is 2.94. The second kappa shape index (κ2) is 6.97. The number of carbonyl (C=O) groups excluding carboxylic acids is 1. The second-order valence-corrected chi connectivity index (χ2v) is 6.16. The van der Waals surface area contributed by atoms with Crippen molar-refractivity contribution in [2.45, 2.75) is 65.5 Å². The SMILES string of the molecule is CCOc1ccc(C(=O)N(C(C)C)C2CCCC2)cc1C. The largest absolute Gasteiger partial charge is 0.494 e. The molecule has 116 valence electrons. The van der Waals surface area contributed by atoms with Crippen molar-refractivity contribution in [2.75, 3.05) is 6.61 Å². The second-order valence-electron chi connectivity index (χ2n) is 6.16. The number of carbonyl (C=O) groups is 1. The normalized spacial score (nSPS) is 15.5. The molecule has 0 aromatic heterocycles. The first-order chi connectivity index (χ1) is 10.0. The molecule has 1 fully saturated rings. The summed E-state index contributed by atoms with van der Waals surface area (Å²) in [5, 5.41) is 0. The molecule has 2 rings (SSSR count). The summed E-state index contributed by atoms with van der Waals surface area (Å²) in [6.07, 6.45) is 4.76. The van der Waals surface area contributed by atoms with Crippen LogP contribution in [0.2, 0.25) is 0 Å². The van der Waals surface area contributed by atoms with Crippen LogP contribution < -0.4 is 4.74 Å². The lowest BCUT2D eigenvalue weighted by Crippen LogP contribution is -2.43. The van der Waals surface area contributed by atoms with E-state index in [4.69, 9.17) is 4.74 Å². The van der Waals surface area contributed by atoms with Crippen LogP contribution in [0.25, 0.3) is 0 Å². The molecule has 1 amide bonds. The first-order valence-electron chi connectivity index (χ1n) is 8.10. The molecule has 0 aliphatic heterocycles. The lowest BCUT2D eigenvalue weighted by molar-refractivity contribution is 0.0613. The standard InChI is InChI=1S/C18H27NO2/c1-5-21-17-11-10-15(12-14(17)4)18(20)19(13(2)3)16-8-6-7-9-16/h10-13,16H,5-9H2,1-4H3. The summed E-state index contributed by atoms with van der Waals surface area (Å²) < 4.78 is 5.55. The monoisotopic (exact) mass is 289 g/mol. The average molecular weight is 289 g/mol. The van der Waals surface area contributed by atoms with Crippen molar-refractivity contribution in [1.29, 1.82) is 0 Å². The number of amides is 1. The third-order valence-corrected chi connectivity index (χ3v) is 4.23. The Bertz CT molecular complexity index is 490. The zero-order chi connectivity index (χ0) is 15.4. The van der Waals surface area contributed by atoms with E-state index in [9.17, 15) is 4.79 Å². The van der Waals surface area contributed by atoms with Crippen LogP contribution >= 0.6 is 0 Å². The van der Waals surface area contributed by atoms with Gasteiger partial charge in [0.2, 0.25) is 0 Å². The van der Waals surface area contributed by atoms with Crippen molar-refractivity contribution in [3.8, 4) is 5.75 Å². The van der Waals surface area contributed by atoms with Crippen LogP contribution in [0.5, 0.6) is 5.75 Å². The predicted octanol–water partition coefficient (Wildman–Crippen LogP) is 4.19. The topological polar surface area (TPSA) is 29.5 Å². The molecule has 0 atom stereocenters.